The summed E-state index contributed by atoms with van der Waals surface area (Å²) in [5, 5.41) is 0. The van der Waals surface area contributed by atoms with E-state index in [0.29, 0.717) is 24.8 Å². The minimum absolute atomic E-state index is 0.175. The first-order valence-electron chi connectivity index (χ1n) is 8.21. The van der Waals surface area contributed by atoms with Crippen LogP contribution in [0.3, 0.4) is 0 Å². The van der Waals surface area contributed by atoms with Crippen LogP contribution in [0.25, 0.3) is 0 Å². The molecule has 2 atom stereocenters. The molecular weight excluding hydrogens is 262 g/mol. The molecule has 1 heterocycles. The van der Waals surface area contributed by atoms with Crippen molar-refractivity contribution in [2.75, 3.05) is 11.4 Å². The summed E-state index contributed by atoms with van der Waals surface area (Å²) in [6.07, 6.45) is 6.32. The van der Waals surface area contributed by atoms with Crippen LogP contribution < -0.4 is 4.90 Å². The fraction of sp³-hybridized carbons (Fsp3) is 0.556. The molecule has 21 heavy (non-hydrogen) atoms. The third kappa shape index (κ3) is 2.10. The second-order valence-electron chi connectivity index (χ2n) is 6.67. The maximum atomic E-state index is 13.0. The molecule has 1 amide bonds. The summed E-state index contributed by atoms with van der Waals surface area (Å²) in [6.45, 7) is 0.692. The van der Waals surface area contributed by atoms with E-state index in [1.54, 1.807) is 0 Å². The molecule has 4 rings (SSSR count). The molecule has 0 N–H and O–H groups in total. The third-order valence-electron chi connectivity index (χ3n) is 5.49. The number of hydrogen-bond donors (Lipinski definition) is 0. The second kappa shape index (κ2) is 4.97. The highest BCUT2D eigenvalue weighted by Gasteiger charge is 2.56. The predicted octanol–water partition coefficient (Wildman–Crippen LogP) is 3.43. The van der Waals surface area contributed by atoms with Crippen molar-refractivity contribution in [3.8, 4) is 0 Å². The van der Waals surface area contributed by atoms with E-state index in [4.69, 9.17) is 0 Å². The molecule has 2 fully saturated rings. The molecule has 1 aromatic carbocycles. The molecular formula is C18H21NO2. The van der Waals surface area contributed by atoms with Gasteiger partial charge in [0.05, 0.1) is 5.69 Å². The van der Waals surface area contributed by atoms with Gasteiger partial charge < -0.3 is 4.90 Å². The van der Waals surface area contributed by atoms with Gasteiger partial charge >= 0.3 is 0 Å². The van der Waals surface area contributed by atoms with Crippen molar-refractivity contribution in [2.24, 2.45) is 17.8 Å². The van der Waals surface area contributed by atoms with Crippen molar-refractivity contribution in [1.29, 1.82) is 0 Å². The highest BCUT2D eigenvalue weighted by Crippen LogP contribution is 2.56. The molecule has 3 aliphatic rings. The minimum atomic E-state index is 0.175. The molecule has 0 bridgehead atoms. The molecule has 0 spiro atoms. The lowest BCUT2D eigenvalue weighted by molar-refractivity contribution is -0.120. The van der Waals surface area contributed by atoms with Gasteiger partial charge in [0.1, 0.15) is 0 Å². The molecule has 110 valence electrons. The van der Waals surface area contributed by atoms with E-state index in [9.17, 15) is 9.59 Å². The van der Waals surface area contributed by atoms with Crippen molar-refractivity contribution < 1.29 is 9.59 Å². The normalized spacial score (nSPS) is 31.1. The number of carbonyl (C=O) groups is 2. The Kier molecular flexibility index (Phi) is 3.09. The number of Topliss-reactive ketones (excluding diaryl/α,β-unsaturated/α-hetero) is 1. The molecule has 2 saturated carbocycles. The molecule has 0 radical (unpaired) electrons. The van der Waals surface area contributed by atoms with Crippen LogP contribution in [-0.4, -0.2) is 18.2 Å². The zero-order chi connectivity index (χ0) is 14.4. The van der Waals surface area contributed by atoms with Gasteiger partial charge in [-0.2, -0.15) is 0 Å². The first-order chi connectivity index (χ1) is 10.3. The quantitative estimate of drug-likeness (QED) is 0.792. The van der Waals surface area contributed by atoms with E-state index in [2.05, 4.69) is 0 Å². The number of amides is 1. The van der Waals surface area contributed by atoms with Gasteiger partial charge in [0, 0.05) is 24.4 Å². The van der Waals surface area contributed by atoms with Crippen LogP contribution in [0.4, 0.5) is 5.69 Å². The number of para-hydroxylation sites is 1. The summed E-state index contributed by atoms with van der Waals surface area (Å²) in [7, 11) is 0. The number of benzene rings is 1. The number of nitrogens with zero attached hydrogens (tertiary/aromatic N) is 1. The Hall–Kier alpha value is -1.64. The topological polar surface area (TPSA) is 37.4 Å². The van der Waals surface area contributed by atoms with Crippen LogP contribution in [0.2, 0.25) is 0 Å². The number of rotatable bonds is 1. The van der Waals surface area contributed by atoms with Crippen LogP contribution in [0.1, 0.15) is 48.9 Å². The molecule has 0 aromatic heterocycles. The first kappa shape index (κ1) is 13.1. The SMILES string of the molecule is O=C1CCCN(C(=O)C2C3CCCCC32)c2ccccc21. The summed E-state index contributed by atoms with van der Waals surface area (Å²) < 4.78 is 0. The van der Waals surface area contributed by atoms with Gasteiger partial charge in [-0.05, 0) is 43.2 Å². The van der Waals surface area contributed by atoms with E-state index < -0.39 is 0 Å². The minimum Gasteiger partial charge on any atom is -0.311 e. The highest BCUT2D eigenvalue weighted by molar-refractivity contribution is 6.07. The molecule has 3 nitrogen and oxygen atoms in total. The number of anilines is 1. The maximum Gasteiger partial charge on any atom is 0.230 e. The van der Waals surface area contributed by atoms with Crippen molar-refractivity contribution in [3.63, 3.8) is 0 Å². The van der Waals surface area contributed by atoms with Crippen molar-refractivity contribution in [3.05, 3.63) is 29.8 Å². The zero-order valence-corrected chi connectivity index (χ0v) is 12.3. The second-order valence-corrected chi connectivity index (χ2v) is 6.67. The lowest BCUT2D eigenvalue weighted by Crippen LogP contribution is -2.33. The third-order valence-corrected chi connectivity index (χ3v) is 5.49. The molecule has 0 saturated heterocycles. The van der Waals surface area contributed by atoms with Gasteiger partial charge in [0.15, 0.2) is 5.78 Å². The lowest BCUT2D eigenvalue weighted by Gasteiger charge is -2.22. The number of hydrogen-bond acceptors (Lipinski definition) is 2. The Labute approximate surface area is 125 Å². The Morgan fingerprint density at radius 3 is 2.52 bits per heavy atom. The van der Waals surface area contributed by atoms with E-state index in [0.717, 1.165) is 17.7 Å². The fourth-order valence-electron chi connectivity index (χ4n) is 4.37. The van der Waals surface area contributed by atoms with E-state index >= 15 is 0 Å². The fourth-order valence-corrected chi connectivity index (χ4v) is 4.37. The number of ketones is 1. The highest BCUT2D eigenvalue weighted by atomic mass is 16.2. The number of fused-ring (bicyclic) bond motifs is 2. The average Bonchev–Trinajstić information content (AvgIpc) is 3.27. The summed E-state index contributed by atoms with van der Waals surface area (Å²) in [5.41, 5.74) is 1.57. The van der Waals surface area contributed by atoms with Gasteiger partial charge in [-0.15, -0.1) is 0 Å². The van der Waals surface area contributed by atoms with Gasteiger partial charge in [-0.1, -0.05) is 25.0 Å². The van der Waals surface area contributed by atoms with Gasteiger partial charge in [-0.3, -0.25) is 9.59 Å². The first-order valence-corrected chi connectivity index (χ1v) is 8.21. The molecule has 1 aromatic rings. The Morgan fingerprint density at radius 2 is 1.76 bits per heavy atom. The Morgan fingerprint density at radius 1 is 1.05 bits per heavy atom. The maximum absolute atomic E-state index is 13.0. The van der Waals surface area contributed by atoms with Crippen molar-refractivity contribution in [2.45, 2.75) is 38.5 Å². The standard InChI is InChI=1S/C18H21NO2/c20-16-10-5-11-19(15-9-4-3-8-14(15)16)18(21)17-12-6-1-2-7-13(12)17/h3-4,8-9,12-13,17H,1-2,5-7,10-11H2. The van der Waals surface area contributed by atoms with Gasteiger partial charge in [0.25, 0.3) is 0 Å². The van der Waals surface area contributed by atoms with Crippen LogP contribution in [0.15, 0.2) is 24.3 Å². The monoisotopic (exact) mass is 283 g/mol. The zero-order valence-electron chi connectivity index (χ0n) is 12.3. The largest absolute Gasteiger partial charge is 0.311 e. The smallest absolute Gasteiger partial charge is 0.230 e. The predicted molar refractivity (Wildman–Crippen MR) is 81.3 cm³/mol. The number of carbonyl (C=O) groups excluding carboxylic acids is 2. The Bertz CT molecular complexity index is 583. The van der Waals surface area contributed by atoms with E-state index in [1.165, 1.54) is 25.7 Å². The lowest BCUT2D eigenvalue weighted by atomic mass is 10.0. The van der Waals surface area contributed by atoms with E-state index in [-0.39, 0.29) is 17.6 Å². The summed E-state index contributed by atoms with van der Waals surface area (Å²) >= 11 is 0. The van der Waals surface area contributed by atoms with Crippen LogP contribution in [-0.2, 0) is 4.79 Å². The van der Waals surface area contributed by atoms with Crippen LogP contribution in [0, 0.1) is 17.8 Å². The average molecular weight is 283 g/mol. The van der Waals surface area contributed by atoms with Gasteiger partial charge in [-0.25, -0.2) is 0 Å². The van der Waals surface area contributed by atoms with Crippen molar-refractivity contribution in [1.82, 2.24) is 0 Å². The van der Waals surface area contributed by atoms with Crippen LogP contribution in [0.5, 0.6) is 0 Å². The summed E-state index contributed by atoms with van der Waals surface area (Å²) in [5.74, 6) is 1.92. The molecule has 2 aliphatic carbocycles. The van der Waals surface area contributed by atoms with E-state index in [1.807, 2.05) is 29.2 Å². The summed E-state index contributed by atoms with van der Waals surface area (Å²) in [6, 6.07) is 7.62. The molecule has 1 aliphatic heterocycles. The molecule has 2 unspecified atom stereocenters. The van der Waals surface area contributed by atoms with Crippen LogP contribution >= 0.6 is 0 Å². The molecule has 3 heteroatoms. The Balaban J connectivity index is 1.64. The summed E-state index contributed by atoms with van der Waals surface area (Å²) in [4.78, 5) is 27.0. The van der Waals surface area contributed by atoms with Gasteiger partial charge in [0.2, 0.25) is 5.91 Å². The van der Waals surface area contributed by atoms with Crippen molar-refractivity contribution >= 4 is 17.4 Å².